The molecule has 1 fully saturated rings. The number of fused-ring (bicyclic) bond motifs is 1. The van der Waals surface area contributed by atoms with Gasteiger partial charge in [0.2, 0.25) is 0 Å². The number of halogens is 2. The Balaban J connectivity index is 0.00000182. The minimum Gasteiger partial charge on any atom is -0.317 e. The molecule has 2 aromatic rings. The Bertz CT molecular complexity index is 716. The number of hydrogen-bond acceptors (Lipinski definition) is 4. The van der Waals surface area contributed by atoms with Gasteiger partial charge in [0.05, 0.1) is 0 Å². The Hall–Kier alpha value is -1.20. The second-order valence-electron chi connectivity index (χ2n) is 6.78. The molecule has 2 aliphatic heterocycles. The number of piperidine rings is 1. The lowest BCUT2D eigenvalue weighted by Crippen LogP contribution is -2.32. The van der Waals surface area contributed by atoms with Crippen LogP contribution < -0.4 is 5.32 Å². The molecule has 2 aliphatic rings. The van der Waals surface area contributed by atoms with Crippen molar-refractivity contribution in [2.75, 3.05) is 19.6 Å². The van der Waals surface area contributed by atoms with Gasteiger partial charge in [-0.15, -0.1) is 12.4 Å². The van der Waals surface area contributed by atoms with Gasteiger partial charge >= 0.3 is 0 Å². The first-order valence-corrected chi connectivity index (χ1v) is 9.18. The second kappa shape index (κ2) is 8.45. The van der Waals surface area contributed by atoms with Crippen LogP contribution in [0.5, 0.6) is 0 Å². The number of nitrogens with zero attached hydrogens (tertiary/aromatic N) is 3. The molecule has 1 aromatic carbocycles. The minimum absolute atomic E-state index is 0. The van der Waals surface area contributed by atoms with Crippen LogP contribution in [-0.4, -0.2) is 34.5 Å². The van der Waals surface area contributed by atoms with Crippen LogP contribution in [-0.2, 0) is 19.5 Å². The molecule has 0 unspecified atom stereocenters. The van der Waals surface area contributed by atoms with Crippen LogP contribution >= 0.6 is 24.0 Å². The van der Waals surface area contributed by atoms with E-state index in [1.54, 1.807) is 0 Å². The SMILES string of the molecule is Cl.Clc1ccccc1CN1CCc2nc(C3CCNCC3)ncc2C1. The fourth-order valence-corrected chi connectivity index (χ4v) is 3.86. The highest BCUT2D eigenvalue weighted by Crippen LogP contribution is 2.26. The van der Waals surface area contributed by atoms with Crippen molar-refractivity contribution in [3.63, 3.8) is 0 Å². The fourth-order valence-electron chi connectivity index (χ4n) is 3.67. The van der Waals surface area contributed by atoms with E-state index in [4.69, 9.17) is 16.6 Å². The molecule has 4 rings (SSSR count). The van der Waals surface area contributed by atoms with E-state index in [-0.39, 0.29) is 12.4 Å². The fraction of sp³-hybridized carbons (Fsp3) is 0.474. The van der Waals surface area contributed by atoms with Crippen LogP contribution in [0.1, 0.15) is 41.4 Å². The van der Waals surface area contributed by atoms with Crippen LogP contribution in [0.2, 0.25) is 5.02 Å². The molecular formula is C19H24Cl2N4. The summed E-state index contributed by atoms with van der Waals surface area (Å²) in [7, 11) is 0. The third-order valence-electron chi connectivity index (χ3n) is 5.09. The molecule has 1 saturated heterocycles. The molecule has 134 valence electrons. The monoisotopic (exact) mass is 378 g/mol. The molecule has 1 N–H and O–H groups in total. The van der Waals surface area contributed by atoms with E-state index in [1.165, 1.54) is 16.8 Å². The highest BCUT2D eigenvalue weighted by molar-refractivity contribution is 6.31. The van der Waals surface area contributed by atoms with Crippen molar-refractivity contribution in [2.45, 2.75) is 38.3 Å². The topological polar surface area (TPSA) is 41.1 Å². The van der Waals surface area contributed by atoms with Gasteiger partial charge < -0.3 is 5.32 Å². The summed E-state index contributed by atoms with van der Waals surface area (Å²) >= 11 is 6.29. The molecule has 1 aromatic heterocycles. The summed E-state index contributed by atoms with van der Waals surface area (Å²) in [6.07, 6.45) is 5.35. The maximum Gasteiger partial charge on any atom is 0.131 e. The smallest absolute Gasteiger partial charge is 0.131 e. The van der Waals surface area contributed by atoms with E-state index in [2.05, 4.69) is 27.5 Å². The normalized spacial score (nSPS) is 18.4. The Labute approximate surface area is 160 Å². The van der Waals surface area contributed by atoms with E-state index in [0.717, 1.165) is 62.8 Å². The van der Waals surface area contributed by atoms with Gasteiger partial charge in [-0.05, 0) is 37.6 Å². The van der Waals surface area contributed by atoms with Gasteiger partial charge in [0.1, 0.15) is 5.82 Å². The first-order chi connectivity index (χ1) is 11.8. The van der Waals surface area contributed by atoms with Gasteiger partial charge in [0.25, 0.3) is 0 Å². The van der Waals surface area contributed by atoms with E-state index in [1.807, 2.05) is 18.2 Å². The molecule has 25 heavy (non-hydrogen) atoms. The van der Waals surface area contributed by atoms with Gasteiger partial charge in [-0.2, -0.15) is 0 Å². The van der Waals surface area contributed by atoms with Crippen molar-refractivity contribution in [1.29, 1.82) is 0 Å². The Kier molecular flexibility index (Phi) is 6.29. The maximum atomic E-state index is 6.29. The summed E-state index contributed by atoms with van der Waals surface area (Å²) in [5.74, 6) is 1.58. The third-order valence-corrected chi connectivity index (χ3v) is 5.46. The van der Waals surface area contributed by atoms with E-state index in [0.29, 0.717) is 5.92 Å². The summed E-state index contributed by atoms with van der Waals surface area (Å²) in [5.41, 5.74) is 3.70. The zero-order chi connectivity index (χ0) is 16.4. The molecule has 0 amide bonds. The van der Waals surface area contributed by atoms with E-state index in [9.17, 15) is 0 Å². The lowest BCUT2D eigenvalue weighted by molar-refractivity contribution is 0.242. The molecule has 0 aliphatic carbocycles. The number of hydrogen-bond donors (Lipinski definition) is 1. The molecule has 6 heteroatoms. The lowest BCUT2D eigenvalue weighted by atomic mass is 9.96. The Morgan fingerprint density at radius 2 is 2.00 bits per heavy atom. The number of rotatable bonds is 3. The van der Waals surface area contributed by atoms with E-state index >= 15 is 0 Å². The zero-order valence-electron chi connectivity index (χ0n) is 14.2. The Morgan fingerprint density at radius 3 is 2.80 bits per heavy atom. The molecule has 0 saturated carbocycles. The number of benzene rings is 1. The lowest BCUT2D eigenvalue weighted by Gasteiger charge is -2.29. The maximum absolute atomic E-state index is 6.29. The van der Waals surface area contributed by atoms with Crippen LogP contribution in [0.25, 0.3) is 0 Å². The number of nitrogens with one attached hydrogen (secondary N) is 1. The summed E-state index contributed by atoms with van der Waals surface area (Å²) in [6, 6.07) is 8.10. The molecule has 0 spiro atoms. The summed E-state index contributed by atoms with van der Waals surface area (Å²) in [6.45, 7) is 4.98. The van der Waals surface area contributed by atoms with Crippen molar-refractivity contribution >= 4 is 24.0 Å². The first-order valence-electron chi connectivity index (χ1n) is 8.81. The quantitative estimate of drug-likeness (QED) is 0.885. The molecule has 0 bridgehead atoms. The van der Waals surface area contributed by atoms with Gasteiger partial charge in [-0.3, -0.25) is 4.90 Å². The predicted molar refractivity (Wildman–Crippen MR) is 103 cm³/mol. The molecule has 3 heterocycles. The highest BCUT2D eigenvalue weighted by Gasteiger charge is 2.22. The van der Waals surface area contributed by atoms with Gasteiger partial charge in [-0.25, -0.2) is 9.97 Å². The van der Waals surface area contributed by atoms with Crippen molar-refractivity contribution in [3.05, 3.63) is 58.1 Å². The largest absolute Gasteiger partial charge is 0.317 e. The molecule has 0 atom stereocenters. The zero-order valence-corrected chi connectivity index (χ0v) is 15.8. The summed E-state index contributed by atoms with van der Waals surface area (Å²) in [5, 5.41) is 4.26. The average Bonchev–Trinajstić information content (AvgIpc) is 2.64. The number of aromatic nitrogens is 2. The molecule has 4 nitrogen and oxygen atoms in total. The first kappa shape index (κ1) is 18.6. The van der Waals surface area contributed by atoms with Crippen LogP contribution in [0, 0.1) is 0 Å². The van der Waals surface area contributed by atoms with Crippen LogP contribution in [0.3, 0.4) is 0 Å². The molecule has 0 radical (unpaired) electrons. The van der Waals surface area contributed by atoms with Crippen molar-refractivity contribution in [3.8, 4) is 0 Å². The van der Waals surface area contributed by atoms with Crippen molar-refractivity contribution in [1.82, 2.24) is 20.2 Å². The highest BCUT2D eigenvalue weighted by atomic mass is 35.5. The van der Waals surface area contributed by atoms with Crippen molar-refractivity contribution in [2.24, 2.45) is 0 Å². The summed E-state index contributed by atoms with van der Waals surface area (Å²) in [4.78, 5) is 12.0. The van der Waals surface area contributed by atoms with Gasteiger partial charge in [-0.1, -0.05) is 29.8 Å². The van der Waals surface area contributed by atoms with Crippen LogP contribution in [0.15, 0.2) is 30.5 Å². The van der Waals surface area contributed by atoms with Crippen molar-refractivity contribution < 1.29 is 0 Å². The minimum atomic E-state index is 0. The summed E-state index contributed by atoms with van der Waals surface area (Å²) < 4.78 is 0. The third kappa shape index (κ3) is 4.32. The predicted octanol–water partition coefficient (Wildman–Crippen LogP) is 3.58. The Morgan fingerprint density at radius 1 is 1.20 bits per heavy atom. The average molecular weight is 379 g/mol. The van der Waals surface area contributed by atoms with Gasteiger partial charge in [0, 0.05) is 54.4 Å². The van der Waals surface area contributed by atoms with Gasteiger partial charge in [0.15, 0.2) is 0 Å². The molecular weight excluding hydrogens is 355 g/mol. The van der Waals surface area contributed by atoms with E-state index < -0.39 is 0 Å². The standard InChI is InChI=1S/C19H23ClN4.ClH/c20-17-4-2-1-3-15(17)12-24-10-7-18-16(13-24)11-22-19(23-18)14-5-8-21-9-6-14;/h1-4,11,14,21H,5-10,12-13H2;1H. The van der Waals surface area contributed by atoms with Crippen LogP contribution in [0.4, 0.5) is 0 Å². The second-order valence-corrected chi connectivity index (χ2v) is 7.18.